The summed E-state index contributed by atoms with van der Waals surface area (Å²) in [6.45, 7) is 4.54. The third-order valence-electron chi connectivity index (χ3n) is 5.51. The number of pyridine rings is 1. The van der Waals surface area contributed by atoms with Crippen LogP contribution in [0, 0.1) is 0 Å². The van der Waals surface area contributed by atoms with Gasteiger partial charge in [0.15, 0.2) is 0 Å². The molecule has 4 heterocycles. The molecule has 0 N–H and O–H groups in total. The van der Waals surface area contributed by atoms with Gasteiger partial charge in [0.1, 0.15) is 11.4 Å². The third kappa shape index (κ3) is 3.72. The minimum Gasteiger partial charge on any atom is -0.353 e. The van der Waals surface area contributed by atoms with Gasteiger partial charge in [-0.15, -0.1) is 0 Å². The maximum Gasteiger partial charge on any atom is 0.263 e. The first-order chi connectivity index (χ1) is 13.6. The molecule has 0 spiro atoms. The molecule has 0 aliphatic carbocycles. The zero-order chi connectivity index (χ0) is 19.5. The second-order valence-corrected chi connectivity index (χ2v) is 7.38. The number of nitrogens with zero attached hydrogens (tertiary/aromatic N) is 6. The van der Waals surface area contributed by atoms with E-state index in [2.05, 4.69) is 14.8 Å². The molecule has 28 heavy (non-hydrogen) atoms. The maximum absolute atomic E-state index is 12.7. The highest BCUT2D eigenvalue weighted by Crippen LogP contribution is 2.20. The van der Waals surface area contributed by atoms with Gasteiger partial charge in [-0.3, -0.25) is 9.59 Å². The van der Waals surface area contributed by atoms with E-state index in [1.807, 2.05) is 12.3 Å². The lowest BCUT2D eigenvalue weighted by Gasteiger charge is -2.35. The number of carbonyl (C=O) groups excluding carboxylic acids is 1. The van der Waals surface area contributed by atoms with E-state index in [-0.39, 0.29) is 17.0 Å². The van der Waals surface area contributed by atoms with Crippen molar-refractivity contribution in [2.45, 2.75) is 19.3 Å². The van der Waals surface area contributed by atoms with Crippen LogP contribution in [0.1, 0.15) is 29.6 Å². The molecular weight excluding hydrogens is 356 g/mol. The van der Waals surface area contributed by atoms with Crippen molar-refractivity contribution < 1.29 is 4.79 Å². The normalized spacial score (nSPS) is 17.7. The Morgan fingerprint density at radius 1 is 0.964 bits per heavy atom. The van der Waals surface area contributed by atoms with Crippen LogP contribution in [0.5, 0.6) is 0 Å². The molecule has 0 bridgehead atoms. The summed E-state index contributed by atoms with van der Waals surface area (Å²) in [4.78, 5) is 40.3. The number of amides is 1. The van der Waals surface area contributed by atoms with E-state index in [1.54, 1.807) is 30.3 Å². The van der Waals surface area contributed by atoms with Gasteiger partial charge in [0, 0.05) is 58.7 Å². The fourth-order valence-electron chi connectivity index (χ4n) is 3.83. The molecule has 0 unspecified atom stereocenters. The number of rotatable bonds is 3. The number of piperidine rings is 1. The summed E-state index contributed by atoms with van der Waals surface area (Å²) in [5, 5.41) is 0. The molecule has 2 fully saturated rings. The van der Waals surface area contributed by atoms with E-state index < -0.39 is 0 Å². The zero-order valence-electron chi connectivity index (χ0n) is 16.3. The molecule has 0 saturated carbocycles. The summed E-state index contributed by atoms with van der Waals surface area (Å²) in [6.07, 6.45) is 7.13. The van der Waals surface area contributed by atoms with Crippen molar-refractivity contribution >= 4 is 17.7 Å². The van der Waals surface area contributed by atoms with E-state index in [9.17, 15) is 9.59 Å². The first-order valence-corrected chi connectivity index (χ1v) is 9.91. The molecule has 2 aromatic heterocycles. The minimum atomic E-state index is -0.253. The molecule has 0 aromatic carbocycles. The van der Waals surface area contributed by atoms with Crippen LogP contribution < -0.4 is 15.4 Å². The summed E-state index contributed by atoms with van der Waals surface area (Å²) >= 11 is 0. The Balaban J connectivity index is 1.42. The predicted octanol–water partition coefficient (Wildman–Crippen LogP) is 1.13. The van der Waals surface area contributed by atoms with Crippen LogP contribution in [0.15, 0.2) is 35.4 Å². The van der Waals surface area contributed by atoms with Crippen molar-refractivity contribution in [2.75, 3.05) is 49.1 Å². The fourth-order valence-corrected chi connectivity index (χ4v) is 3.83. The summed E-state index contributed by atoms with van der Waals surface area (Å²) in [5.41, 5.74) is -0.0234. The molecule has 0 radical (unpaired) electrons. The van der Waals surface area contributed by atoms with E-state index in [0.717, 1.165) is 24.9 Å². The van der Waals surface area contributed by atoms with Gasteiger partial charge in [0.25, 0.3) is 11.5 Å². The Bertz CT molecular complexity index is 898. The quantitative estimate of drug-likeness (QED) is 0.792. The molecule has 4 rings (SSSR count). The fraction of sp³-hybridized carbons (Fsp3) is 0.500. The maximum atomic E-state index is 12.7. The Labute approximate surface area is 164 Å². The number of carbonyl (C=O) groups is 1. The Kier molecular flexibility index (Phi) is 5.27. The van der Waals surface area contributed by atoms with Gasteiger partial charge in [0.05, 0.1) is 0 Å². The molecule has 2 aromatic rings. The number of hydrogen-bond acceptors (Lipinski definition) is 6. The van der Waals surface area contributed by atoms with Crippen molar-refractivity contribution in [3.05, 3.63) is 46.5 Å². The number of anilines is 2. The Morgan fingerprint density at radius 2 is 1.71 bits per heavy atom. The van der Waals surface area contributed by atoms with Crippen LogP contribution in [0.25, 0.3) is 0 Å². The van der Waals surface area contributed by atoms with Crippen molar-refractivity contribution in [2.24, 2.45) is 7.05 Å². The van der Waals surface area contributed by atoms with Crippen LogP contribution in [0.4, 0.5) is 11.8 Å². The third-order valence-corrected chi connectivity index (χ3v) is 5.51. The highest BCUT2D eigenvalue weighted by atomic mass is 16.2. The molecule has 2 aliphatic heterocycles. The van der Waals surface area contributed by atoms with Crippen LogP contribution in [0.2, 0.25) is 0 Å². The van der Waals surface area contributed by atoms with Gasteiger partial charge >= 0.3 is 0 Å². The zero-order valence-corrected chi connectivity index (χ0v) is 16.3. The SMILES string of the molecule is Cn1cccc(C(=O)N2CCN(c3ccnc(N4CCCCC4)n3)CC2)c1=O. The van der Waals surface area contributed by atoms with E-state index in [0.29, 0.717) is 26.2 Å². The van der Waals surface area contributed by atoms with E-state index >= 15 is 0 Å². The molecule has 1 amide bonds. The molecule has 0 atom stereocenters. The average Bonchev–Trinajstić information content (AvgIpc) is 2.76. The standard InChI is InChI=1S/C20H26N6O2/c1-23-9-5-6-16(18(23)27)19(28)25-14-12-24(13-15-25)17-7-8-21-20(22-17)26-10-3-2-4-11-26/h5-9H,2-4,10-15H2,1H3. The van der Waals surface area contributed by atoms with Crippen molar-refractivity contribution in [3.63, 3.8) is 0 Å². The van der Waals surface area contributed by atoms with Crippen LogP contribution in [0.3, 0.4) is 0 Å². The minimum absolute atomic E-state index is 0.197. The number of hydrogen-bond donors (Lipinski definition) is 0. The summed E-state index contributed by atoms with van der Waals surface area (Å²) in [6, 6.07) is 5.26. The second kappa shape index (κ2) is 8.00. The highest BCUT2D eigenvalue weighted by Gasteiger charge is 2.25. The van der Waals surface area contributed by atoms with Gasteiger partial charge in [-0.25, -0.2) is 4.98 Å². The lowest BCUT2D eigenvalue weighted by atomic mass is 10.1. The summed E-state index contributed by atoms with van der Waals surface area (Å²) in [5.74, 6) is 1.50. The summed E-state index contributed by atoms with van der Waals surface area (Å²) in [7, 11) is 1.66. The van der Waals surface area contributed by atoms with Crippen molar-refractivity contribution in [1.29, 1.82) is 0 Å². The average molecular weight is 382 g/mol. The molecule has 148 valence electrons. The molecule has 8 heteroatoms. The van der Waals surface area contributed by atoms with Gasteiger partial charge < -0.3 is 19.3 Å². The van der Waals surface area contributed by atoms with Gasteiger partial charge in [0.2, 0.25) is 5.95 Å². The Hall–Kier alpha value is -2.90. The van der Waals surface area contributed by atoms with Gasteiger partial charge in [-0.1, -0.05) is 0 Å². The van der Waals surface area contributed by atoms with Crippen LogP contribution in [-0.4, -0.2) is 64.6 Å². The van der Waals surface area contributed by atoms with Gasteiger partial charge in [-0.05, 0) is 37.5 Å². The summed E-state index contributed by atoms with van der Waals surface area (Å²) < 4.78 is 1.44. The topological polar surface area (TPSA) is 74.6 Å². The van der Waals surface area contributed by atoms with Crippen LogP contribution >= 0.6 is 0 Å². The number of aromatic nitrogens is 3. The Morgan fingerprint density at radius 3 is 2.46 bits per heavy atom. The molecule has 2 aliphatic rings. The molecule has 2 saturated heterocycles. The first-order valence-electron chi connectivity index (χ1n) is 9.91. The first kappa shape index (κ1) is 18.5. The largest absolute Gasteiger partial charge is 0.353 e. The highest BCUT2D eigenvalue weighted by molar-refractivity contribution is 5.94. The lowest BCUT2D eigenvalue weighted by molar-refractivity contribution is 0.0744. The molecular formula is C20H26N6O2. The smallest absolute Gasteiger partial charge is 0.263 e. The van der Waals surface area contributed by atoms with Crippen molar-refractivity contribution in [3.8, 4) is 0 Å². The van der Waals surface area contributed by atoms with E-state index in [4.69, 9.17) is 4.98 Å². The van der Waals surface area contributed by atoms with Crippen molar-refractivity contribution in [1.82, 2.24) is 19.4 Å². The number of aryl methyl sites for hydroxylation is 1. The monoisotopic (exact) mass is 382 g/mol. The second-order valence-electron chi connectivity index (χ2n) is 7.38. The number of piperazine rings is 1. The van der Waals surface area contributed by atoms with Crippen LogP contribution in [-0.2, 0) is 7.05 Å². The molecule has 8 nitrogen and oxygen atoms in total. The van der Waals surface area contributed by atoms with Gasteiger partial charge in [-0.2, -0.15) is 4.98 Å². The van der Waals surface area contributed by atoms with E-state index in [1.165, 1.54) is 23.8 Å². The lowest BCUT2D eigenvalue weighted by Crippen LogP contribution is -2.50. The predicted molar refractivity (Wildman–Crippen MR) is 108 cm³/mol.